The van der Waals surface area contributed by atoms with Crippen LogP contribution in [0.4, 0.5) is 0 Å². The van der Waals surface area contributed by atoms with Crippen molar-refractivity contribution in [1.82, 2.24) is 9.97 Å². The number of nitrogens with zero attached hydrogens (tertiary/aromatic N) is 2. The summed E-state index contributed by atoms with van der Waals surface area (Å²) in [6.07, 6.45) is 2.49. The Kier molecular flexibility index (Phi) is 2.38. The predicted molar refractivity (Wildman–Crippen MR) is 67.9 cm³/mol. The summed E-state index contributed by atoms with van der Waals surface area (Å²) in [4.78, 5) is 7.74. The van der Waals surface area contributed by atoms with E-state index in [1.807, 2.05) is 19.1 Å². The van der Waals surface area contributed by atoms with Crippen molar-refractivity contribution in [2.75, 3.05) is 0 Å². The van der Waals surface area contributed by atoms with Crippen molar-refractivity contribution in [1.29, 1.82) is 5.26 Å². The minimum absolute atomic E-state index is 0.626. The van der Waals surface area contributed by atoms with Gasteiger partial charge in [-0.1, -0.05) is 6.92 Å². The number of furan rings is 1. The molecule has 0 spiro atoms. The maximum atomic E-state index is 8.87. The van der Waals surface area contributed by atoms with E-state index in [-0.39, 0.29) is 0 Å². The molecule has 4 heteroatoms. The van der Waals surface area contributed by atoms with Gasteiger partial charge in [0.05, 0.1) is 34.5 Å². The van der Waals surface area contributed by atoms with Gasteiger partial charge in [-0.2, -0.15) is 5.26 Å². The summed E-state index contributed by atoms with van der Waals surface area (Å²) < 4.78 is 5.40. The van der Waals surface area contributed by atoms with Crippen molar-refractivity contribution in [2.45, 2.75) is 13.3 Å². The first-order valence-corrected chi connectivity index (χ1v) is 5.78. The van der Waals surface area contributed by atoms with E-state index in [4.69, 9.17) is 9.68 Å². The number of aryl methyl sites for hydroxylation is 1. The molecule has 0 atom stereocenters. The van der Waals surface area contributed by atoms with Gasteiger partial charge in [0, 0.05) is 6.42 Å². The smallest absolute Gasteiger partial charge is 0.142 e. The number of aromatic nitrogens is 2. The third kappa shape index (κ3) is 1.57. The van der Waals surface area contributed by atoms with Crippen molar-refractivity contribution < 1.29 is 4.42 Å². The number of nitrogens with one attached hydrogen (secondary N) is 1. The van der Waals surface area contributed by atoms with Crippen LogP contribution in [0.2, 0.25) is 0 Å². The predicted octanol–water partition coefficient (Wildman–Crippen LogP) is 3.26. The zero-order valence-corrected chi connectivity index (χ0v) is 9.90. The van der Waals surface area contributed by atoms with Gasteiger partial charge in [0.1, 0.15) is 11.6 Å². The van der Waals surface area contributed by atoms with Crippen LogP contribution in [0.3, 0.4) is 0 Å². The highest BCUT2D eigenvalue weighted by Crippen LogP contribution is 2.25. The molecule has 1 aromatic carbocycles. The second kappa shape index (κ2) is 4.04. The Morgan fingerprint density at radius 3 is 3.06 bits per heavy atom. The SMILES string of the molecule is CCc1occc1-c1nc2ccc(C#N)cc2[nH]1. The van der Waals surface area contributed by atoms with Crippen molar-refractivity contribution in [3.8, 4) is 17.5 Å². The first kappa shape index (κ1) is 10.6. The van der Waals surface area contributed by atoms with Gasteiger partial charge in [0.25, 0.3) is 0 Å². The Labute approximate surface area is 104 Å². The van der Waals surface area contributed by atoms with Crippen LogP contribution < -0.4 is 0 Å². The van der Waals surface area contributed by atoms with Crippen molar-refractivity contribution in [2.24, 2.45) is 0 Å². The zero-order chi connectivity index (χ0) is 12.5. The molecule has 0 aliphatic rings. The number of rotatable bonds is 2. The quantitative estimate of drug-likeness (QED) is 0.743. The lowest BCUT2D eigenvalue weighted by molar-refractivity contribution is 0.517. The first-order valence-electron chi connectivity index (χ1n) is 5.78. The molecular formula is C14H11N3O. The van der Waals surface area contributed by atoms with E-state index in [2.05, 4.69) is 16.0 Å². The normalized spacial score (nSPS) is 10.7. The van der Waals surface area contributed by atoms with Crippen molar-refractivity contribution in [3.63, 3.8) is 0 Å². The van der Waals surface area contributed by atoms with Crippen LogP contribution in [-0.2, 0) is 6.42 Å². The van der Waals surface area contributed by atoms with E-state index >= 15 is 0 Å². The first-order chi connectivity index (χ1) is 8.81. The Balaban J connectivity index is 2.17. The molecule has 3 aromatic rings. The molecule has 0 fully saturated rings. The average Bonchev–Trinajstić information content (AvgIpc) is 3.03. The average molecular weight is 237 g/mol. The van der Waals surface area contributed by atoms with Crippen LogP contribution in [0.5, 0.6) is 0 Å². The van der Waals surface area contributed by atoms with Gasteiger partial charge in [-0.05, 0) is 24.3 Å². The standard InChI is InChI=1S/C14H11N3O/c1-2-13-10(5-6-18-13)14-16-11-4-3-9(8-15)7-12(11)17-14/h3-7H,2H2,1H3,(H,16,17). The minimum Gasteiger partial charge on any atom is -0.469 e. The van der Waals surface area contributed by atoms with Crippen LogP contribution in [0, 0.1) is 11.3 Å². The molecule has 4 nitrogen and oxygen atoms in total. The fourth-order valence-corrected chi connectivity index (χ4v) is 2.03. The van der Waals surface area contributed by atoms with Gasteiger partial charge in [-0.25, -0.2) is 4.98 Å². The third-order valence-corrected chi connectivity index (χ3v) is 2.93. The third-order valence-electron chi connectivity index (χ3n) is 2.93. The molecule has 18 heavy (non-hydrogen) atoms. The van der Waals surface area contributed by atoms with Crippen LogP contribution in [0.25, 0.3) is 22.4 Å². The van der Waals surface area contributed by atoms with Gasteiger partial charge in [-0.3, -0.25) is 0 Å². The Bertz CT molecular complexity index is 746. The summed E-state index contributed by atoms with van der Waals surface area (Å²) >= 11 is 0. The molecule has 3 rings (SSSR count). The molecule has 2 heterocycles. The highest BCUT2D eigenvalue weighted by atomic mass is 16.3. The topological polar surface area (TPSA) is 65.6 Å². The van der Waals surface area contributed by atoms with Crippen molar-refractivity contribution in [3.05, 3.63) is 41.9 Å². The van der Waals surface area contributed by atoms with E-state index in [1.165, 1.54) is 0 Å². The summed E-state index contributed by atoms with van der Waals surface area (Å²) in [5.74, 6) is 1.69. The molecule has 88 valence electrons. The van der Waals surface area contributed by atoms with E-state index < -0.39 is 0 Å². The molecule has 0 amide bonds. The lowest BCUT2D eigenvalue weighted by atomic mass is 10.2. The molecule has 0 saturated carbocycles. The number of hydrogen-bond donors (Lipinski definition) is 1. The summed E-state index contributed by atoms with van der Waals surface area (Å²) in [7, 11) is 0. The maximum absolute atomic E-state index is 8.87. The molecule has 0 unspecified atom stereocenters. The van der Waals surface area contributed by atoms with Crippen LogP contribution in [0.1, 0.15) is 18.2 Å². The summed E-state index contributed by atoms with van der Waals surface area (Å²) in [6, 6.07) is 9.44. The molecule has 2 aromatic heterocycles. The van der Waals surface area contributed by atoms with Gasteiger partial charge in [-0.15, -0.1) is 0 Å². The van der Waals surface area contributed by atoms with Crippen molar-refractivity contribution >= 4 is 11.0 Å². The zero-order valence-electron chi connectivity index (χ0n) is 9.90. The number of imidazole rings is 1. The lowest BCUT2D eigenvalue weighted by Gasteiger charge is -1.94. The molecular weight excluding hydrogens is 226 g/mol. The fourth-order valence-electron chi connectivity index (χ4n) is 2.03. The summed E-state index contributed by atoms with van der Waals surface area (Å²) in [5.41, 5.74) is 3.33. The van der Waals surface area contributed by atoms with E-state index in [9.17, 15) is 0 Å². The van der Waals surface area contributed by atoms with Gasteiger partial charge in [0.15, 0.2) is 0 Å². The van der Waals surface area contributed by atoms with Crippen LogP contribution in [-0.4, -0.2) is 9.97 Å². The highest BCUT2D eigenvalue weighted by Gasteiger charge is 2.11. The minimum atomic E-state index is 0.626. The molecule has 0 radical (unpaired) electrons. The van der Waals surface area contributed by atoms with E-state index in [0.717, 1.165) is 34.6 Å². The van der Waals surface area contributed by atoms with Gasteiger partial charge in [0.2, 0.25) is 0 Å². The van der Waals surface area contributed by atoms with Gasteiger partial charge < -0.3 is 9.40 Å². The van der Waals surface area contributed by atoms with Crippen LogP contribution >= 0.6 is 0 Å². The number of H-pyrrole nitrogens is 1. The van der Waals surface area contributed by atoms with E-state index in [0.29, 0.717) is 5.56 Å². The highest BCUT2D eigenvalue weighted by molar-refractivity contribution is 5.80. The summed E-state index contributed by atoms with van der Waals surface area (Å²) in [5, 5.41) is 8.87. The molecule has 0 saturated heterocycles. The Morgan fingerprint density at radius 1 is 1.39 bits per heavy atom. The number of aromatic amines is 1. The molecule has 1 N–H and O–H groups in total. The second-order valence-electron chi connectivity index (χ2n) is 4.04. The van der Waals surface area contributed by atoms with Crippen LogP contribution in [0.15, 0.2) is 34.9 Å². The lowest BCUT2D eigenvalue weighted by Crippen LogP contribution is -1.83. The summed E-state index contributed by atoms with van der Waals surface area (Å²) in [6.45, 7) is 2.04. The molecule has 0 aliphatic carbocycles. The monoisotopic (exact) mass is 237 g/mol. The molecule has 0 aliphatic heterocycles. The fraction of sp³-hybridized carbons (Fsp3) is 0.143. The van der Waals surface area contributed by atoms with E-state index in [1.54, 1.807) is 18.4 Å². The Hall–Kier alpha value is -2.54. The largest absolute Gasteiger partial charge is 0.469 e. The Morgan fingerprint density at radius 2 is 2.28 bits per heavy atom. The van der Waals surface area contributed by atoms with Gasteiger partial charge >= 0.3 is 0 Å². The number of benzene rings is 1. The number of nitriles is 1. The number of fused-ring (bicyclic) bond motifs is 1. The molecule has 0 bridgehead atoms. The number of hydrogen-bond acceptors (Lipinski definition) is 3. The maximum Gasteiger partial charge on any atom is 0.142 e. The second-order valence-corrected chi connectivity index (χ2v) is 4.04.